The number of aromatic nitrogens is 2. The van der Waals surface area contributed by atoms with Gasteiger partial charge in [0.05, 0.1) is 11.0 Å². The quantitative estimate of drug-likeness (QED) is 0.468. The van der Waals surface area contributed by atoms with Crippen LogP contribution >= 0.6 is 11.6 Å². The topological polar surface area (TPSA) is 85.3 Å². The van der Waals surface area contributed by atoms with Gasteiger partial charge in [-0.25, -0.2) is 0 Å². The van der Waals surface area contributed by atoms with E-state index in [9.17, 15) is 10.1 Å². The molecular weight excluding hydrogens is 356 g/mol. The maximum absolute atomic E-state index is 10.7. The van der Waals surface area contributed by atoms with Crippen molar-refractivity contribution in [2.45, 2.75) is 19.5 Å². The SMILES string of the molecule is C[C@@H](c1nnc(-c2ccc([N+](=O)[O-])cc2)o1)N(C)Cc1cccc(Cl)c1. The average molecular weight is 373 g/mol. The first-order chi connectivity index (χ1) is 12.4. The van der Waals surface area contributed by atoms with Crippen LogP contribution in [0.2, 0.25) is 5.02 Å². The van der Waals surface area contributed by atoms with Crippen molar-refractivity contribution in [3.63, 3.8) is 0 Å². The summed E-state index contributed by atoms with van der Waals surface area (Å²) in [6.45, 7) is 2.65. The van der Waals surface area contributed by atoms with Gasteiger partial charge in [0.15, 0.2) is 0 Å². The second-order valence-corrected chi connectivity index (χ2v) is 6.41. The molecule has 0 aliphatic heterocycles. The maximum atomic E-state index is 10.7. The number of nitrogens with zero attached hydrogens (tertiary/aromatic N) is 4. The summed E-state index contributed by atoms with van der Waals surface area (Å²) in [4.78, 5) is 12.3. The fraction of sp³-hybridized carbons (Fsp3) is 0.222. The van der Waals surface area contributed by atoms with Gasteiger partial charge in [0.1, 0.15) is 0 Å². The summed E-state index contributed by atoms with van der Waals surface area (Å²) >= 11 is 6.03. The minimum atomic E-state index is -0.449. The Morgan fingerprint density at radius 2 is 1.96 bits per heavy atom. The van der Waals surface area contributed by atoms with Crippen LogP contribution in [0.15, 0.2) is 52.9 Å². The molecule has 0 bridgehead atoms. The normalized spacial score (nSPS) is 12.3. The van der Waals surface area contributed by atoms with Crippen molar-refractivity contribution < 1.29 is 9.34 Å². The van der Waals surface area contributed by atoms with Gasteiger partial charge in [0, 0.05) is 29.3 Å². The Kier molecular flexibility index (Phi) is 5.29. The third-order valence-electron chi connectivity index (χ3n) is 4.11. The number of halogens is 1. The summed E-state index contributed by atoms with van der Waals surface area (Å²) in [5.74, 6) is 0.806. The smallest absolute Gasteiger partial charge is 0.269 e. The summed E-state index contributed by atoms with van der Waals surface area (Å²) in [7, 11) is 1.96. The van der Waals surface area contributed by atoms with Crippen molar-refractivity contribution in [1.29, 1.82) is 0 Å². The van der Waals surface area contributed by atoms with E-state index in [1.165, 1.54) is 12.1 Å². The van der Waals surface area contributed by atoms with Crippen LogP contribution in [0.4, 0.5) is 5.69 Å². The Hall–Kier alpha value is -2.77. The molecule has 0 fully saturated rings. The van der Waals surface area contributed by atoms with Gasteiger partial charge in [0.2, 0.25) is 11.8 Å². The van der Waals surface area contributed by atoms with Gasteiger partial charge in [0.25, 0.3) is 5.69 Å². The van der Waals surface area contributed by atoms with E-state index in [-0.39, 0.29) is 11.7 Å². The molecule has 3 rings (SSSR count). The van der Waals surface area contributed by atoms with Gasteiger partial charge < -0.3 is 4.42 Å². The van der Waals surface area contributed by atoms with Crippen molar-refractivity contribution in [1.82, 2.24) is 15.1 Å². The van der Waals surface area contributed by atoms with Crippen LogP contribution in [0.1, 0.15) is 24.4 Å². The van der Waals surface area contributed by atoms with Gasteiger partial charge in [-0.1, -0.05) is 23.7 Å². The zero-order valence-corrected chi connectivity index (χ0v) is 15.1. The van der Waals surface area contributed by atoms with E-state index >= 15 is 0 Å². The van der Waals surface area contributed by atoms with Gasteiger partial charge >= 0.3 is 0 Å². The molecule has 1 heterocycles. The van der Waals surface area contributed by atoms with Crippen LogP contribution in [-0.2, 0) is 6.54 Å². The maximum Gasteiger partial charge on any atom is 0.269 e. The highest BCUT2D eigenvalue weighted by molar-refractivity contribution is 6.30. The summed E-state index contributed by atoms with van der Waals surface area (Å²) in [6, 6.07) is 13.6. The monoisotopic (exact) mass is 372 g/mol. The zero-order valence-electron chi connectivity index (χ0n) is 14.3. The average Bonchev–Trinajstić information content (AvgIpc) is 3.11. The number of benzene rings is 2. The van der Waals surface area contributed by atoms with Crippen LogP contribution < -0.4 is 0 Å². The summed E-state index contributed by atoms with van der Waals surface area (Å²) < 4.78 is 5.75. The molecule has 0 saturated carbocycles. The number of nitro benzene ring substituents is 1. The lowest BCUT2D eigenvalue weighted by molar-refractivity contribution is -0.384. The van der Waals surface area contributed by atoms with E-state index in [1.54, 1.807) is 12.1 Å². The molecule has 7 nitrogen and oxygen atoms in total. The van der Waals surface area contributed by atoms with Crippen molar-refractivity contribution >= 4 is 17.3 Å². The predicted molar refractivity (Wildman–Crippen MR) is 97.7 cm³/mol. The molecule has 8 heteroatoms. The number of hydrogen-bond acceptors (Lipinski definition) is 6. The number of hydrogen-bond donors (Lipinski definition) is 0. The summed E-state index contributed by atoms with van der Waals surface area (Å²) in [5.41, 5.74) is 1.74. The van der Waals surface area contributed by atoms with Crippen LogP contribution in [-0.4, -0.2) is 27.1 Å². The highest BCUT2D eigenvalue weighted by Gasteiger charge is 2.19. The first-order valence-corrected chi connectivity index (χ1v) is 8.35. The molecule has 2 aromatic carbocycles. The van der Waals surface area contributed by atoms with Crippen LogP contribution in [0, 0.1) is 10.1 Å². The van der Waals surface area contributed by atoms with Crippen molar-refractivity contribution in [3.05, 3.63) is 75.1 Å². The van der Waals surface area contributed by atoms with Crippen molar-refractivity contribution in [2.75, 3.05) is 7.05 Å². The summed E-state index contributed by atoms with van der Waals surface area (Å²) in [6.07, 6.45) is 0. The molecule has 0 unspecified atom stereocenters. The van der Waals surface area contributed by atoms with E-state index in [4.69, 9.17) is 16.0 Å². The van der Waals surface area contributed by atoms with E-state index < -0.39 is 4.92 Å². The first kappa shape index (κ1) is 18.0. The molecule has 0 amide bonds. The Bertz CT molecular complexity index is 911. The molecule has 0 radical (unpaired) electrons. The van der Waals surface area contributed by atoms with Crippen molar-refractivity contribution in [3.8, 4) is 11.5 Å². The van der Waals surface area contributed by atoms with Crippen molar-refractivity contribution in [2.24, 2.45) is 0 Å². The third kappa shape index (κ3) is 4.07. The molecule has 1 aromatic heterocycles. The minimum Gasteiger partial charge on any atom is -0.419 e. The largest absolute Gasteiger partial charge is 0.419 e. The Morgan fingerprint density at radius 1 is 1.23 bits per heavy atom. The fourth-order valence-corrected chi connectivity index (χ4v) is 2.71. The van der Waals surface area contributed by atoms with E-state index in [0.717, 1.165) is 5.56 Å². The lowest BCUT2D eigenvalue weighted by Gasteiger charge is -2.21. The second kappa shape index (κ2) is 7.63. The number of nitro groups is 1. The van der Waals surface area contributed by atoms with Gasteiger partial charge in [-0.15, -0.1) is 10.2 Å². The minimum absolute atomic E-state index is 0.0168. The number of non-ortho nitro benzene ring substituents is 1. The van der Waals surface area contributed by atoms with E-state index in [2.05, 4.69) is 15.1 Å². The molecule has 0 spiro atoms. The highest BCUT2D eigenvalue weighted by atomic mass is 35.5. The van der Waals surface area contributed by atoms with Gasteiger partial charge in [-0.2, -0.15) is 0 Å². The highest BCUT2D eigenvalue weighted by Crippen LogP contribution is 2.26. The molecule has 0 saturated heterocycles. The molecule has 0 aliphatic carbocycles. The third-order valence-corrected chi connectivity index (χ3v) is 4.34. The molecular formula is C18H17ClN4O3. The molecule has 134 valence electrons. The van der Waals surface area contributed by atoms with E-state index in [0.29, 0.717) is 28.9 Å². The first-order valence-electron chi connectivity index (χ1n) is 7.97. The Labute approximate surface area is 155 Å². The molecule has 26 heavy (non-hydrogen) atoms. The lowest BCUT2D eigenvalue weighted by Crippen LogP contribution is -2.22. The fourth-order valence-electron chi connectivity index (χ4n) is 2.49. The van der Waals surface area contributed by atoms with E-state index in [1.807, 2.05) is 38.2 Å². The lowest BCUT2D eigenvalue weighted by atomic mass is 10.2. The Balaban J connectivity index is 1.72. The van der Waals surface area contributed by atoms with Crippen LogP contribution in [0.25, 0.3) is 11.5 Å². The van der Waals surface area contributed by atoms with Gasteiger partial charge in [-0.05, 0) is 43.8 Å². The molecule has 1 atom stereocenters. The van der Waals surface area contributed by atoms with Crippen LogP contribution in [0.3, 0.4) is 0 Å². The van der Waals surface area contributed by atoms with Gasteiger partial charge in [-0.3, -0.25) is 15.0 Å². The van der Waals surface area contributed by atoms with Crippen LogP contribution in [0.5, 0.6) is 0 Å². The zero-order chi connectivity index (χ0) is 18.7. The number of rotatable bonds is 6. The second-order valence-electron chi connectivity index (χ2n) is 5.97. The molecule has 0 N–H and O–H groups in total. The molecule has 3 aromatic rings. The molecule has 0 aliphatic rings. The predicted octanol–water partition coefficient (Wildman–Crippen LogP) is 4.49. The standard InChI is InChI=1S/C18H17ClN4O3/c1-12(22(2)11-13-4-3-5-15(19)10-13)17-20-21-18(26-17)14-6-8-16(9-7-14)23(24)25/h3-10,12H,11H2,1-2H3/t12-/m0/s1. The Morgan fingerprint density at radius 3 is 2.62 bits per heavy atom. The summed E-state index contributed by atoms with van der Waals surface area (Å²) in [5, 5.41) is 19.6.